The first-order valence-corrected chi connectivity index (χ1v) is 7.67. The van der Waals surface area contributed by atoms with Crippen molar-refractivity contribution in [1.29, 1.82) is 0 Å². The third kappa shape index (κ3) is 7.51. The van der Waals surface area contributed by atoms with E-state index in [-0.39, 0.29) is 5.38 Å². The van der Waals surface area contributed by atoms with Crippen molar-refractivity contribution in [3.8, 4) is 0 Å². The molecule has 94 valence electrons. The molecule has 0 N–H and O–H groups in total. The van der Waals surface area contributed by atoms with Gasteiger partial charge in [0.2, 0.25) is 0 Å². The molecule has 1 unspecified atom stereocenters. The number of hydrogen-bond acceptors (Lipinski definition) is 1. The van der Waals surface area contributed by atoms with Crippen molar-refractivity contribution in [3.05, 3.63) is 41.8 Å². The van der Waals surface area contributed by atoms with Crippen LogP contribution in [0.3, 0.4) is 0 Å². The van der Waals surface area contributed by atoms with Crippen LogP contribution < -0.4 is 0 Å². The Hall–Kier alpha value is -0.400. The molecule has 0 fully saturated rings. The van der Waals surface area contributed by atoms with E-state index in [1.54, 1.807) is 11.8 Å². The molecule has 17 heavy (non-hydrogen) atoms. The van der Waals surface area contributed by atoms with Crippen molar-refractivity contribution >= 4 is 23.4 Å². The van der Waals surface area contributed by atoms with E-state index in [0.717, 1.165) is 6.42 Å². The first kappa shape index (κ1) is 14.7. The molecule has 0 amide bonds. The molecule has 0 bridgehead atoms. The highest BCUT2D eigenvalue weighted by molar-refractivity contribution is 8.02. The maximum atomic E-state index is 6.23. The Labute approximate surface area is 114 Å². The second kappa shape index (κ2) is 9.61. The highest BCUT2D eigenvalue weighted by Gasteiger charge is 1.98. The minimum Gasteiger partial charge on any atom is -0.118 e. The second-order valence-electron chi connectivity index (χ2n) is 4.12. The van der Waals surface area contributed by atoms with Crippen LogP contribution in [0.25, 0.3) is 0 Å². The van der Waals surface area contributed by atoms with Gasteiger partial charge in [-0.2, -0.15) is 0 Å². The average molecular weight is 269 g/mol. The second-order valence-corrected chi connectivity index (χ2v) is 5.66. The molecule has 0 radical (unpaired) electrons. The Morgan fingerprint density at radius 2 is 1.94 bits per heavy atom. The Morgan fingerprint density at radius 1 is 1.18 bits per heavy atom. The molecule has 0 spiro atoms. The van der Waals surface area contributed by atoms with Crippen LogP contribution in [0.4, 0.5) is 0 Å². The number of halogens is 1. The summed E-state index contributed by atoms with van der Waals surface area (Å²) < 4.78 is 0. The van der Waals surface area contributed by atoms with Crippen LogP contribution >= 0.6 is 23.4 Å². The Morgan fingerprint density at radius 3 is 2.65 bits per heavy atom. The maximum Gasteiger partial charge on any atom is 0.0524 e. The summed E-state index contributed by atoms with van der Waals surface area (Å²) in [5.74, 6) is 0. The van der Waals surface area contributed by atoms with Gasteiger partial charge in [0.25, 0.3) is 0 Å². The van der Waals surface area contributed by atoms with Crippen molar-refractivity contribution in [2.75, 3.05) is 0 Å². The van der Waals surface area contributed by atoms with Crippen LogP contribution in [0.5, 0.6) is 0 Å². The lowest BCUT2D eigenvalue weighted by Crippen LogP contribution is -1.92. The van der Waals surface area contributed by atoms with Gasteiger partial charge in [0.1, 0.15) is 0 Å². The van der Waals surface area contributed by atoms with Gasteiger partial charge in [-0.1, -0.05) is 68.6 Å². The summed E-state index contributed by atoms with van der Waals surface area (Å²) in [7, 11) is 0. The Balaban J connectivity index is 2.15. The van der Waals surface area contributed by atoms with Crippen molar-refractivity contribution < 1.29 is 0 Å². The largest absolute Gasteiger partial charge is 0.118 e. The summed E-state index contributed by atoms with van der Waals surface area (Å²) in [6, 6.07) is 10.4. The Bertz CT molecular complexity index is 308. The number of rotatable bonds is 8. The van der Waals surface area contributed by atoms with E-state index < -0.39 is 0 Å². The molecule has 1 rings (SSSR count). The van der Waals surface area contributed by atoms with Gasteiger partial charge >= 0.3 is 0 Å². The summed E-state index contributed by atoms with van der Waals surface area (Å²) in [6.45, 7) is 2.23. The van der Waals surface area contributed by atoms with Crippen molar-refractivity contribution in [2.45, 2.75) is 49.3 Å². The lowest BCUT2D eigenvalue weighted by molar-refractivity contribution is 0.640. The minimum absolute atomic E-state index is 0.183. The number of allylic oxidation sites excluding steroid dienone is 1. The molecule has 0 aromatic heterocycles. The molecule has 0 saturated heterocycles. The molecule has 0 aliphatic carbocycles. The van der Waals surface area contributed by atoms with E-state index in [2.05, 4.69) is 42.7 Å². The molecule has 0 aliphatic rings. The van der Waals surface area contributed by atoms with Gasteiger partial charge in [0.05, 0.1) is 5.38 Å². The van der Waals surface area contributed by atoms with Crippen molar-refractivity contribution in [3.63, 3.8) is 0 Å². The first-order valence-electron chi connectivity index (χ1n) is 6.35. The van der Waals surface area contributed by atoms with E-state index in [1.807, 2.05) is 6.07 Å². The van der Waals surface area contributed by atoms with Gasteiger partial charge in [-0.3, -0.25) is 0 Å². The molecule has 1 aromatic rings. The number of alkyl halides is 1. The maximum absolute atomic E-state index is 6.23. The molecular weight excluding hydrogens is 248 g/mol. The predicted octanol–water partition coefficient (Wildman–Crippen LogP) is 5.87. The van der Waals surface area contributed by atoms with E-state index in [4.69, 9.17) is 11.6 Å². The summed E-state index contributed by atoms with van der Waals surface area (Å²) in [4.78, 5) is 1.26. The molecule has 0 aliphatic heterocycles. The quantitative estimate of drug-likeness (QED) is 0.323. The fraction of sp³-hybridized carbons (Fsp3) is 0.467. The van der Waals surface area contributed by atoms with Crippen LogP contribution in [0.2, 0.25) is 0 Å². The van der Waals surface area contributed by atoms with Gasteiger partial charge in [0.15, 0.2) is 0 Å². The molecule has 0 heterocycles. The fourth-order valence-corrected chi connectivity index (χ4v) is 2.62. The normalized spacial score (nSPS) is 13.1. The van der Waals surface area contributed by atoms with Gasteiger partial charge in [0, 0.05) is 4.90 Å². The lowest BCUT2D eigenvalue weighted by Gasteiger charge is -2.03. The SMILES string of the molecule is CCCCCCC(Cl)/C=C/Sc1ccccc1. The van der Waals surface area contributed by atoms with E-state index in [0.29, 0.717) is 0 Å². The highest BCUT2D eigenvalue weighted by atomic mass is 35.5. The third-order valence-corrected chi connectivity index (χ3v) is 3.77. The topological polar surface area (TPSA) is 0 Å². The zero-order valence-electron chi connectivity index (χ0n) is 10.4. The van der Waals surface area contributed by atoms with Crippen LogP contribution in [0, 0.1) is 0 Å². The first-order chi connectivity index (χ1) is 8.33. The number of hydrogen-bond donors (Lipinski definition) is 0. The van der Waals surface area contributed by atoms with Crippen LogP contribution in [0.1, 0.15) is 39.0 Å². The van der Waals surface area contributed by atoms with E-state index in [9.17, 15) is 0 Å². The lowest BCUT2D eigenvalue weighted by atomic mass is 10.1. The number of thioether (sulfide) groups is 1. The van der Waals surface area contributed by atoms with Crippen molar-refractivity contribution in [2.24, 2.45) is 0 Å². The van der Waals surface area contributed by atoms with Crippen LogP contribution in [-0.4, -0.2) is 5.38 Å². The van der Waals surface area contributed by atoms with Gasteiger partial charge in [-0.05, 0) is 24.0 Å². The van der Waals surface area contributed by atoms with E-state index >= 15 is 0 Å². The zero-order valence-corrected chi connectivity index (χ0v) is 12.0. The fourth-order valence-electron chi connectivity index (χ4n) is 1.56. The van der Waals surface area contributed by atoms with Crippen molar-refractivity contribution in [1.82, 2.24) is 0 Å². The van der Waals surface area contributed by atoms with E-state index in [1.165, 1.54) is 30.6 Å². The summed E-state index contributed by atoms with van der Waals surface area (Å²) >= 11 is 7.95. The summed E-state index contributed by atoms with van der Waals surface area (Å²) in [5, 5.41) is 2.29. The van der Waals surface area contributed by atoms with Gasteiger partial charge in [-0.15, -0.1) is 11.6 Å². The molecule has 0 nitrogen and oxygen atoms in total. The highest BCUT2D eigenvalue weighted by Crippen LogP contribution is 2.20. The number of unbranched alkanes of at least 4 members (excludes halogenated alkanes) is 3. The van der Waals surface area contributed by atoms with Crippen LogP contribution in [0.15, 0.2) is 46.7 Å². The minimum atomic E-state index is 0.183. The van der Waals surface area contributed by atoms with Crippen LogP contribution in [-0.2, 0) is 0 Å². The molecule has 1 aromatic carbocycles. The Kier molecular flexibility index (Phi) is 8.29. The van der Waals surface area contributed by atoms with Gasteiger partial charge < -0.3 is 0 Å². The predicted molar refractivity (Wildman–Crippen MR) is 79.8 cm³/mol. The average Bonchev–Trinajstić information content (AvgIpc) is 2.36. The standard InChI is InChI=1S/C15H21ClS/c1-2-3-4-6-9-14(16)12-13-17-15-10-7-5-8-11-15/h5,7-8,10-14H,2-4,6,9H2,1H3/b13-12+. The molecular formula is C15H21ClS. The smallest absolute Gasteiger partial charge is 0.0524 e. The zero-order chi connectivity index (χ0) is 12.3. The molecule has 0 saturated carbocycles. The van der Waals surface area contributed by atoms with Gasteiger partial charge in [-0.25, -0.2) is 0 Å². The third-order valence-electron chi connectivity index (χ3n) is 2.57. The monoisotopic (exact) mass is 268 g/mol. The summed E-state index contributed by atoms with van der Waals surface area (Å²) in [5.41, 5.74) is 0. The summed E-state index contributed by atoms with van der Waals surface area (Å²) in [6.07, 6.45) is 8.35. The number of benzene rings is 1. The molecule has 1 atom stereocenters. The molecule has 2 heteroatoms.